The molecule has 2 aliphatic heterocycles. The molecule has 6 heteroatoms. The highest BCUT2D eigenvalue weighted by Gasteiger charge is 2.33. The van der Waals surface area contributed by atoms with Crippen molar-refractivity contribution < 1.29 is 19.1 Å². The molecule has 1 atom stereocenters. The molecule has 0 bridgehead atoms. The summed E-state index contributed by atoms with van der Waals surface area (Å²) in [5, 5.41) is 2.11. The van der Waals surface area contributed by atoms with Crippen molar-refractivity contribution >= 4 is 17.8 Å². The molecule has 2 aliphatic rings. The molecular formula is C9H12N2O4. The molecule has 4 amide bonds. The van der Waals surface area contributed by atoms with Gasteiger partial charge in [-0.1, -0.05) is 0 Å². The van der Waals surface area contributed by atoms with Crippen LogP contribution in [0.4, 0.5) is 4.79 Å². The Morgan fingerprint density at radius 2 is 2.20 bits per heavy atom. The van der Waals surface area contributed by atoms with E-state index >= 15 is 0 Å². The fourth-order valence-corrected chi connectivity index (χ4v) is 1.75. The van der Waals surface area contributed by atoms with Crippen LogP contribution < -0.4 is 5.32 Å². The number of urea groups is 1. The predicted octanol–water partition coefficient (Wildman–Crippen LogP) is -0.366. The van der Waals surface area contributed by atoms with Crippen LogP contribution in [0.15, 0.2) is 0 Å². The molecule has 2 rings (SSSR count). The summed E-state index contributed by atoms with van der Waals surface area (Å²) in [6.07, 6.45) is 1.48. The number of nitrogens with zero attached hydrogens (tertiary/aromatic N) is 1. The van der Waals surface area contributed by atoms with Crippen molar-refractivity contribution in [1.82, 2.24) is 10.2 Å². The van der Waals surface area contributed by atoms with Crippen molar-refractivity contribution in [3.63, 3.8) is 0 Å². The summed E-state index contributed by atoms with van der Waals surface area (Å²) in [6, 6.07) is -0.633. The van der Waals surface area contributed by atoms with Crippen LogP contribution in [-0.4, -0.2) is 42.0 Å². The minimum Gasteiger partial charge on any atom is -0.376 e. The fourth-order valence-electron chi connectivity index (χ4n) is 1.75. The molecular weight excluding hydrogens is 200 g/mol. The molecule has 2 saturated heterocycles. The molecule has 0 aromatic heterocycles. The Labute approximate surface area is 86.6 Å². The quantitative estimate of drug-likeness (QED) is 0.634. The maximum atomic E-state index is 11.4. The van der Waals surface area contributed by atoms with Gasteiger partial charge in [0.1, 0.15) is 6.42 Å². The number of amides is 4. The van der Waals surface area contributed by atoms with Crippen molar-refractivity contribution in [1.29, 1.82) is 0 Å². The molecule has 0 aliphatic carbocycles. The van der Waals surface area contributed by atoms with Gasteiger partial charge in [-0.05, 0) is 12.8 Å². The SMILES string of the molecule is O=C1CC(=O)N(CC2CCCO2)C(=O)N1. The lowest BCUT2D eigenvalue weighted by atomic mass is 10.2. The Bertz CT molecular complexity index is 289. The Morgan fingerprint density at radius 3 is 2.80 bits per heavy atom. The summed E-state index contributed by atoms with van der Waals surface area (Å²) in [5.41, 5.74) is 0. The highest BCUT2D eigenvalue weighted by molar-refractivity contribution is 6.14. The van der Waals surface area contributed by atoms with Crippen molar-refractivity contribution in [2.75, 3.05) is 13.2 Å². The molecule has 82 valence electrons. The average Bonchev–Trinajstić information content (AvgIpc) is 2.63. The minimum absolute atomic E-state index is 0.0760. The first-order valence-electron chi connectivity index (χ1n) is 4.92. The van der Waals surface area contributed by atoms with E-state index in [0.29, 0.717) is 6.61 Å². The molecule has 15 heavy (non-hydrogen) atoms. The van der Waals surface area contributed by atoms with E-state index in [1.54, 1.807) is 0 Å². The summed E-state index contributed by atoms with van der Waals surface area (Å²) in [5.74, 6) is -0.979. The highest BCUT2D eigenvalue weighted by atomic mass is 16.5. The summed E-state index contributed by atoms with van der Waals surface area (Å²) >= 11 is 0. The van der Waals surface area contributed by atoms with E-state index in [0.717, 1.165) is 17.7 Å². The number of barbiturate groups is 1. The van der Waals surface area contributed by atoms with Crippen LogP contribution in [0.3, 0.4) is 0 Å². The standard InChI is InChI=1S/C9H12N2O4/c12-7-4-8(13)11(9(14)10-7)5-6-2-1-3-15-6/h6H,1-5H2,(H,10,12,14). The first-order chi connectivity index (χ1) is 7.16. The van der Waals surface area contributed by atoms with Crippen molar-refractivity contribution in [2.45, 2.75) is 25.4 Å². The Morgan fingerprint density at radius 1 is 1.40 bits per heavy atom. The lowest BCUT2D eigenvalue weighted by Crippen LogP contribution is -2.54. The Hall–Kier alpha value is -1.43. The van der Waals surface area contributed by atoms with E-state index in [2.05, 4.69) is 5.32 Å². The van der Waals surface area contributed by atoms with Gasteiger partial charge in [-0.15, -0.1) is 0 Å². The van der Waals surface area contributed by atoms with Crippen LogP contribution >= 0.6 is 0 Å². The largest absolute Gasteiger partial charge is 0.376 e. The average molecular weight is 212 g/mol. The van der Waals surface area contributed by atoms with Gasteiger partial charge in [-0.2, -0.15) is 0 Å². The normalized spacial score (nSPS) is 27.1. The van der Waals surface area contributed by atoms with Gasteiger partial charge in [0.2, 0.25) is 11.8 Å². The third-order valence-corrected chi connectivity index (χ3v) is 2.51. The van der Waals surface area contributed by atoms with Crippen LogP contribution in [-0.2, 0) is 14.3 Å². The van der Waals surface area contributed by atoms with Gasteiger partial charge in [0, 0.05) is 6.61 Å². The van der Waals surface area contributed by atoms with Crippen LogP contribution in [0.5, 0.6) is 0 Å². The van der Waals surface area contributed by atoms with E-state index in [4.69, 9.17) is 4.74 Å². The molecule has 0 radical (unpaired) electrons. The van der Waals surface area contributed by atoms with Crippen molar-refractivity contribution in [2.24, 2.45) is 0 Å². The second kappa shape index (κ2) is 3.98. The van der Waals surface area contributed by atoms with E-state index in [9.17, 15) is 14.4 Å². The maximum Gasteiger partial charge on any atom is 0.330 e. The fraction of sp³-hybridized carbons (Fsp3) is 0.667. The molecule has 0 spiro atoms. The summed E-state index contributed by atoms with van der Waals surface area (Å²) in [7, 11) is 0. The highest BCUT2D eigenvalue weighted by Crippen LogP contribution is 2.15. The number of nitrogens with one attached hydrogen (secondary N) is 1. The summed E-state index contributed by atoms with van der Waals surface area (Å²) in [6.45, 7) is 0.922. The topological polar surface area (TPSA) is 75.7 Å². The minimum atomic E-state index is -0.633. The van der Waals surface area contributed by atoms with Crippen LogP contribution in [0, 0.1) is 0 Å². The molecule has 6 nitrogen and oxygen atoms in total. The van der Waals surface area contributed by atoms with Gasteiger partial charge in [-0.25, -0.2) is 4.79 Å². The molecule has 0 aromatic carbocycles. The lowest BCUT2D eigenvalue weighted by Gasteiger charge is -2.26. The third kappa shape index (κ3) is 2.15. The summed E-state index contributed by atoms with van der Waals surface area (Å²) < 4.78 is 5.32. The van der Waals surface area contributed by atoms with Gasteiger partial charge in [0.15, 0.2) is 0 Å². The van der Waals surface area contributed by atoms with E-state index in [-0.39, 0.29) is 19.1 Å². The van der Waals surface area contributed by atoms with Crippen molar-refractivity contribution in [3.8, 4) is 0 Å². The zero-order valence-corrected chi connectivity index (χ0v) is 8.19. The monoisotopic (exact) mass is 212 g/mol. The van der Waals surface area contributed by atoms with Gasteiger partial charge in [-0.3, -0.25) is 19.8 Å². The number of hydrogen-bond acceptors (Lipinski definition) is 4. The van der Waals surface area contributed by atoms with E-state index < -0.39 is 17.8 Å². The Balaban J connectivity index is 1.97. The lowest BCUT2D eigenvalue weighted by molar-refractivity contribution is -0.137. The smallest absolute Gasteiger partial charge is 0.330 e. The second-order valence-electron chi connectivity index (χ2n) is 3.67. The zero-order valence-electron chi connectivity index (χ0n) is 8.19. The third-order valence-electron chi connectivity index (χ3n) is 2.51. The van der Waals surface area contributed by atoms with Crippen molar-refractivity contribution in [3.05, 3.63) is 0 Å². The summed E-state index contributed by atoms with van der Waals surface area (Å²) in [4.78, 5) is 34.6. The molecule has 1 unspecified atom stereocenters. The molecule has 0 aromatic rings. The van der Waals surface area contributed by atoms with Crippen LogP contribution in [0.25, 0.3) is 0 Å². The van der Waals surface area contributed by atoms with Gasteiger partial charge in [0.25, 0.3) is 0 Å². The maximum absolute atomic E-state index is 11.4. The predicted molar refractivity (Wildman–Crippen MR) is 48.8 cm³/mol. The number of carbonyl (C=O) groups excluding carboxylic acids is 3. The first kappa shape index (κ1) is 10.1. The number of carbonyl (C=O) groups is 3. The molecule has 0 saturated carbocycles. The second-order valence-corrected chi connectivity index (χ2v) is 3.67. The van der Waals surface area contributed by atoms with Crippen LogP contribution in [0.2, 0.25) is 0 Å². The first-order valence-corrected chi connectivity index (χ1v) is 4.92. The van der Waals surface area contributed by atoms with Gasteiger partial charge < -0.3 is 4.74 Å². The number of ether oxygens (including phenoxy) is 1. The van der Waals surface area contributed by atoms with Gasteiger partial charge >= 0.3 is 6.03 Å². The Kier molecular flexibility index (Phi) is 2.68. The molecule has 2 heterocycles. The molecule has 2 fully saturated rings. The number of rotatable bonds is 2. The number of hydrogen-bond donors (Lipinski definition) is 1. The molecule has 1 N–H and O–H groups in total. The van der Waals surface area contributed by atoms with Crippen LogP contribution in [0.1, 0.15) is 19.3 Å². The van der Waals surface area contributed by atoms with E-state index in [1.165, 1.54) is 0 Å². The van der Waals surface area contributed by atoms with Gasteiger partial charge in [0.05, 0.1) is 12.6 Å². The number of imide groups is 2. The zero-order chi connectivity index (χ0) is 10.8. The van der Waals surface area contributed by atoms with E-state index in [1.807, 2.05) is 0 Å².